The summed E-state index contributed by atoms with van der Waals surface area (Å²) >= 11 is 0. The zero-order valence-corrected chi connectivity index (χ0v) is 12.4. The first-order valence-electron chi connectivity index (χ1n) is 6.96. The Hall–Kier alpha value is -1.84. The number of hydrogen-bond acceptors (Lipinski definition) is 2. The average molecular weight is 277 g/mol. The third kappa shape index (κ3) is 5.87. The molecule has 1 atom stereocenters. The van der Waals surface area contributed by atoms with Gasteiger partial charge in [0.1, 0.15) is 0 Å². The van der Waals surface area contributed by atoms with E-state index in [1.54, 1.807) is 0 Å². The van der Waals surface area contributed by atoms with E-state index in [-0.39, 0.29) is 12.3 Å². The highest BCUT2D eigenvalue weighted by molar-refractivity contribution is 5.94. The second-order valence-electron chi connectivity index (χ2n) is 5.46. The van der Waals surface area contributed by atoms with Gasteiger partial charge in [-0.25, -0.2) is 0 Å². The molecule has 0 aliphatic heterocycles. The fraction of sp³-hybridized carbons (Fsp3) is 0.500. The standard InChI is InChI=1S/C16H23NO3/c1-11(4-5-15(18)19)6-7-17-16(20)14-9-12(2)8-13(3)10-14/h8-11H,4-7H2,1-3H3,(H,17,20)(H,18,19). The van der Waals surface area contributed by atoms with Crippen molar-refractivity contribution in [3.05, 3.63) is 34.9 Å². The van der Waals surface area contributed by atoms with Crippen LogP contribution in [0.4, 0.5) is 0 Å². The summed E-state index contributed by atoms with van der Waals surface area (Å²) < 4.78 is 0. The molecule has 2 N–H and O–H groups in total. The van der Waals surface area contributed by atoms with Crippen LogP contribution in [-0.4, -0.2) is 23.5 Å². The molecular formula is C16H23NO3. The monoisotopic (exact) mass is 277 g/mol. The van der Waals surface area contributed by atoms with Crippen LogP contribution in [0.1, 0.15) is 47.7 Å². The molecule has 110 valence electrons. The van der Waals surface area contributed by atoms with E-state index in [0.29, 0.717) is 24.4 Å². The van der Waals surface area contributed by atoms with E-state index in [9.17, 15) is 9.59 Å². The Morgan fingerprint density at radius 2 is 1.75 bits per heavy atom. The first-order valence-corrected chi connectivity index (χ1v) is 6.96. The molecule has 0 aliphatic carbocycles. The van der Waals surface area contributed by atoms with Crippen molar-refractivity contribution in [1.82, 2.24) is 5.32 Å². The molecule has 0 bridgehead atoms. The van der Waals surface area contributed by atoms with Gasteiger partial charge in [-0.2, -0.15) is 0 Å². The van der Waals surface area contributed by atoms with Crippen molar-refractivity contribution in [3.8, 4) is 0 Å². The van der Waals surface area contributed by atoms with Crippen LogP contribution in [0.5, 0.6) is 0 Å². The molecule has 1 amide bonds. The number of aliphatic carboxylic acids is 1. The van der Waals surface area contributed by atoms with Crippen LogP contribution >= 0.6 is 0 Å². The predicted octanol–water partition coefficient (Wildman–Crippen LogP) is 2.92. The summed E-state index contributed by atoms with van der Waals surface area (Å²) in [5, 5.41) is 11.5. The minimum Gasteiger partial charge on any atom is -0.481 e. The van der Waals surface area contributed by atoms with E-state index in [1.807, 2.05) is 39.0 Å². The number of benzene rings is 1. The third-order valence-electron chi connectivity index (χ3n) is 3.26. The molecule has 0 fully saturated rings. The van der Waals surface area contributed by atoms with E-state index < -0.39 is 5.97 Å². The summed E-state index contributed by atoms with van der Waals surface area (Å²) in [5.74, 6) is -0.538. The lowest BCUT2D eigenvalue weighted by Crippen LogP contribution is -2.25. The van der Waals surface area contributed by atoms with Gasteiger partial charge in [-0.15, -0.1) is 0 Å². The molecule has 0 saturated carbocycles. The Labute approximate surface area is 120 Å². The Kier molecular flexibility index (Phi) is 6.22. The average Bonchev–Trinajstić information content (AvgIpc) is 2.35. The van der Waals surface area contributed by atoms with Crippen LogP contribution in [0.2, 0.25) is 0 Å². The number of hydrogen-bond donors (Lipinski definition) is 2. The predicted molar refractivity (Wildman–Crippen MR) is 78.9 cm³/mol. The Morgan fingerprint density at radius 3 is 2.30 bits per heavy atom. The lowest BCUT2D eigenvalue weighted by Gasteiger charge is -2.11. The summed E-state index contributed by atoms with van der Waals surface area (Å²) in [4.78, 5) is 22.5. The summed E-state index contributed by atoms with van der Waals surface area (Å²) in [6, 6.07) is 5.77. The van der Waals surface area contributed by atoms with Crippen LogP contribution < -0.4 is 5.32 Å². The van der Waals surface area contributed by atoms with E-state index in [2.05, 4.69) is 5.32 Å². The van der Waals surface area contributed by atoms with Gasteiger partial charge in [0.2, 0.25) is 0 Å². The lowest BCUT2D eigenvalue weighted by atomic mass is 10.0. The van der Waals surface area contributed by atoms with Gasteiger partial charge < -0.3 is 10.4 Å². The molecule has 0 radical (unpaired) electrons. The van der Waals surface area contributed by atoms with Crippen LogP contribution in [0.25, 0.3) is 0 Å². The summed E-state index contributed by atoms with van der Waals surface area (Å²) in [6.45, 7) is 6.52. The van der Waals surface area contributed by atoms with Crippen LogP contribution in [-0.2, 0) is 4.79 Å². The molecule has 4 heteroatoms. The van der Waals surface area contributed by atoms with Gasteiger partial charge in [0, 0.05) is 18.5 Å². The zero-order chi connectivity index (χ0) is 15.1. The molecule has 0 saturated heterocycles. The van der Waals surface area contributed by atoms with Crippen LogP contribution in [0.3, 0.4) is 0 Å². The Morgan fingerprint density at radius 1 is 1.15 bits per heavy atom. The highest BCUT2D eigenvalue weighted by Gasteiger charge is 2.08. The molecule has 0 aliphatic rings. The number of nitrogens with one attached hydrogen (secondary N) is 1. The largest absolute Gasteiger partial charge is 0.481 e. The fourth-order valence-electron chi connectivity index (χ4n) is 2.15. The van der Waals surface area contributed by atoms with E-state index >= 15 is 0 Å². The van der Waals surface area contributed by atoms with Gasteiger partial charge in [-0.1, -0.05) is 24.1 Å². The Bertz CT molecular complexity index is 462. The highest BCUT2D eigenvalue weighted by Crippen LogP contribution is 2.11. The molecule has 1 aromatic carbocycles. The normalized spacial score (nSPS) is 11.9. The van der Waals surface area contributed by atoms with Crippen molar-refractivity contribution in [3.63, 3.8) is 0 Å². The zero-order valence-electron chi connectivity index (χ0n) is 12.4. The number of rotatable bonds is 7. The van der Waals surface area contributed by atoms with Crippen molar-refractivity contribution in [1.29, 1.82) is 0 Å². The van der Waals surface area contributed by atoms with E-state index in [4.69, 9.17) is 5.11 Å². The molecular weight excluding hydrogens is 254 g/mol. The lowest BCUT2D eigenvalue weighted by molar-refractivity contribution is -0.137. The minimum atomic E-state index is -0.767. The number of carbonyl (C=O) groups excluding carboxylic acids is 1. The van der Waals surface area contributed by atoms with Gasteiger partial charge in [-0.3, -0.25) is 9.59 Å². The molecule has 0 aromatic heterocycles. The van der Waals surface area contributed by atoms with Gasteiger partial charge >= 0.3 is 5.97 Å². The smallest absolute Gasteiger partial charge is 0.303 e. The third-order valence-corrected chi connectivity index (χ3v) is 3.26. The van der Waals surface area contributed by atoms with Gasteiger partial charge in [-0.05, 0) is 44.7 Å². The topological polar surface area (TPSA) is 66.4 Å². The van der Waals surface area contributed by atoms with Crippen LogP contribution in [0, 0.1) is 19.8 Å². The van der Waals surface area contributed by atoms with Crippen molar-refractivity contribution < 1.29 is 14.7 Å². The second-order valence-corrected chi connectivity index (χ2v) is 5.46. The fourth-order valence-corrected chi connectivity index (χ4v) is 2.15. The van der Waals surface area contributed by atoms with Crippen molar-refractivity contribution >= 4 is 11.9 Å². The maximum absolute atomic E-state index is 12.0. The van der Waals surface area contributed by atoms with Gasteiger partial charge in [0.15, 0.2) is 0 Å². The van der Waals surface area contributed by atoms with Gasteiger partial charge in [0.05, 0.1) is 0 Å². The first kappa shape index (κ1) is 16.2. The number of amides is 1. The maximum Gasteiger partial charge on any atom is 0.303 e. The molecule has 1 unspecified atom stereocenters. The molecule has 1 rings (SSSR count). The number of carboxylic acids is 1. The number of carboxylic acid groups (broad SMARTS) is 1. The SMILES string of the molecule is Cc1cc(C)cc(C(=O)NCCC(C)CCC(=O)O)c1. The van der Waals surface area contributed by atoms with Crippen molar-refractivity contribution in [2.24, 2.45) is 5.92 Å². The molecule has 0 heterocycles. The molecule has 1 aromatic rings. The van der Waals surface area contributed by atoms with Crippen LogP contribution in [0.15, 0.2) is 18.2 Å². The number of carbonyl (C=O) groups is 2. The second kappa shape index (κ2) is 7.68. The Balaban J connectivity index is 2.38. The first-order chi connectivity index (χ1) is 9.38. The summed E-state index contributed by atoms with van der Waals surface area (Å²) in [6.07, 6.45) is 1.63. The van der Waals surface area contributed by atoms with Gasteiger partial charge in [0.25, 0.3) is 5.91 Å². The highest BCUT2D eigenvalue weighted by atomic mass is 16.4. The van der Waals surface area contributed by atoms with E-state index in [0.717, 1.165) is 17.5 Å². The van der Waals surface area contributed by atoms with Crippen molar-refractivity contribution in [2.75, 3.05) is 6.54 Å². The number of aryl methyl sites for hydroxylation is 2. The molecule has 0 spiro atoms. The summed E-state index contributed by atoms with van der Waals surface area (Å²) in [5.41, 5.74) is 2.83. The molecule has 4 nitrogen and oxygen atoms in total. The summed E-state index contributed by atoms with van der Waals surface area (Å²) in [7, 11) is 0. The van der Waals surface area contributed by atoms with E-state index in [1.165, 1.54) is 0 Å². The van der Waals surface area contributed by atoms with Crippen molar-refractivity contribution in [2.45, 2.75) is 40.0 Å². The quantitative estimate of drug-likeness (QED) is 0.805. The minimum absolute atomic E-state index is 0.0674. The molecule has 20 heavy (non-hydrogen) atoms. The maximum atomic E-state index is 12.0.